The molecule has 8 heteroatoms. The normalized spacial score (nSPS) is 18.4. The molecule has 0 saturated carbocycles. The lowest BCUT2D eigenvalue weighted by atomic mass is 10.2. The first-order valence-corrected chi connectivity index (χ1v) is 8.50. The predicted molar refractivity (Wildman–Crippen MR) is 93.4 cm³/mol. The third kappa shape index (κ3) is 4.83. The fourth-order valence-electron chi connectivity index (χ4n) is 2.91. The van der Waals surface area contributed by atoms with Gasteiger partial charge >= 0.3 is 6.03 Å². The maximum Gasteiger partial charge on any atom is 0.319 e. The van der Waals surface area contributed by atoms with Gasteiger partial charge in [-0.15, -0.1) is 0 Å². The van der Waals surface area contributed by atoms with Crippen molar-refractivity contribution in [3.63, 3.8) is 0 Å². The van der Waals surface area contributed by atoms with Gasteiger partial charge in [0.25, 0.3) is 0 Å². The summed E-state index contributed by atoms with van der Waals surface area (Å²) in [5.41, 5.74) is 0.662. The molecule has 1 saturated heterocycles. The Morgan fingerprint density at radius 2 is 2.40 bits per heavy atom. The molecule has 25 heavy (non-hydrogen) atoms. The number of ether oxygens (including phenoxy) is 1. The van der Waals surface area contributed by atoms with E-state index in [0.29, 0.717) is 18.8 Å². The molecule has 1 aliphatic heterocycles. The lowest BCUT2D eigenvalue weighted by Gasteiger charge is -2.22. The van der Waals surface area contributed by atoms with E-state index < -0.39 is 0 Å². The summed E-state index contributed by atoms with van der Waals surface area (Å²) in [6.45, 7) is 1.98. The average Bonchev–Trinajstić information content (AvgIpc) is 3.31. The molecule has 2 aromatic heterocycles. The van der Waals surface area contributed by atoms with Gasteiger partial charge in [-0.25, -0.2) is 4.79 Å². The third-order valence-corrected chi connectivity index (χ3v) is 4.26. The van der Waals surface area contributed by atoms with Crippen LogP contribution in [0.5, 0.6) is 0 Å². The molecule has 2 atom stereocenters. The Hall–Kier alpha value is -2.32. The molecule has 0 aromatic carbocycles. The highest BCUT2D eigenvalue weighted by Crippen LogP contribution is 2.18. The van der Waals surface area contributed by atoms with E-state index >= 15 is 0 Å². The van der Waals surface area contributed by atoms with Gasteiger partial charge in [0, 0.05) is 19.3 Å². The number of urea groups is 1. The Morgan fingerprint density at radius 1 is 1.52 bits per heavy atom. The van der Waals surface area contributed by atoms with Crippen LogP contribution in [0.15, 0.2) is 35.2 Å². The van der Waals surface area contributed by atoms with E-state index in [4.69, 9.17) is 9.15 Å². The number of amides is 2. The second kappa shape index (κ2) is 8.17. The summed E-state index contributed by atoms with van der Waals surface area (Å²) in [6, 6.07) is 3.45. The van der Waals surface area contributed by atoms with Gasteiger partial charge in [0.2, 0.25) is 0 Å². The molecule has 0 radical (unpaired) electrons. The summed E-state index contributed by atoms with van der Waals surface area (Å²) in [4.78, 5) is 14.1. The summed E-state index contributed by atoms with van der Waals surface area (Å²) in [7, 11) is 3.89. The molecule has 1 fully saturated rings. The molecule has 0 aliphatic carbocycles. The Kier molecular flexibility index (Phi) is 5.72. The number of hydrogen-bond donors (Lipinski definition) is 2. The van der Waals surface area contributed by atoms with Crippen LogP contribution in [0.25, 0.3) is 0 Å². The maximum absolute atomic E-state index is 12.1. The summed E-state index contributed by atoms with van der Waals surface area (Å²) >= 11 is 0. The van der Waals surface area contributed by atoms with Gasteiger partial charge in [0.1, 0.15) is 5.76 Å². The van der Waals surface area contributed by atoms with Crippen molar-refractivity contribution < 1.29 is 13.9 Å². The van der Waals surface area contributed by atoms with Gasteiger partial charge in [-0.2, -0.15) is 5.10 Å². The van der Waals surface area contributed by atoms with Crippen molar-refractivity contribution >= 4 is 11.7 Å². The Bertz CT molecular complexity index is 662. The topological polar surface area (TPSA) is 84.6 Å². The average molecular weight is 347 g/mol. The molecule has 0 bridgehead atoms. The first-order valence-electron chi connectivity index (χ1n) is 8.50. The maximum atomic E-state index is 12.1. The monoisotopic (exact) mass is 347 g/mol. The Balaban J connectivity index is 1.48. The van der Waals surface area contributed by atoms with Crippen LogP contribution in [0, 0.1) is 0 Å². The Morgan fingerprint density at radius 3 is 3.08 bits per heavy atom. The number of nitrogens with one attached hydrogen (secondary N) is 2. The first kappa shape index (κ1) is 17.5. The molecule has 8 nitrogen and oxygen atoms in total. The number of nitrogens with zero attached hydrogens (tertiary/aromatic N) is 3. The quantitative estimate of drug-likeness (QED) is 0.801. The van der Waals surface area contributed by atoms with E-state index in [1.165, 1.54) is 0 Å². The van der Waals surface area contributed by atoms with E-state index in [0.717, 1.165) is 25.2 Å². The highest BCUT2D eigenvalue weighted by molar-refractivity contribution is 5.88. The summed E-state index contributed by atoms with van der Waals surface area (Å²) in [5, 5.41) is 9.94. The Labute approximate surface area is 147 Å². The van der Waals surface area contributed by atoms with Gasteiger partial charge in [0.15, 0.2) is 0 Å². The zero-order valence-corrected chi connectivity index (χ0v) is 14.6. The minimum atomic E-state index is -0.268. The van der Waals surface area contributed by atoms with E-state index in [1.54, 1.807) is 17.1 Å². The van der Waals surface area contributed by atoms with Crippen LogP contribution in [0.1, 0.15) is 24.6 Å². The standard InChI is InChI=1S/C17H25N5O3/c1-21(2)15(16-6-4-8-25-16)10-18-17(23)20-13-9-19-22(11-13)12-14-5-3-7-24-14/h4,6,8-9,11,14-15H,3,5,7,10,12H2,1-2H3,(H2,18,20,23). The minimum Gasteiger partial charge on any atom is -0.468 e. The number of rotatable bonds is 7. The zero-order valence-electron chi connectivity index (χ0n) is 14.6. The van der Waals surface area contributed by atoms with Gasteiger partial charge in [-0.1, -0.05) is 0 Å². The van der Waals surface area contributed by atoms with Crippen LogP contribution in [-0.4, -0.2) is 54.1 Å². The molecule has 2 amide bonds. The summed E-state index contributed by atoms with van der Waals surface area (Å²) in [5.74, 6) is 0.815. The zero-order chi connectivity index (χ0) is 17.6. The van der Waals surface area contributed by atoms with Gasteiger partial charge in [-0.3, -0.25) is 9.58 Å². The first-order chi connectivity index (χ1) is 12.1. The number of anilines is 1. The van der Waals surface area contributed by atoms with Gasteiger partial charge < -0.3 is 19.8 Å². The number of carbonyl (C=O) groups excluding carboxylic acids is 1. The lowest BCUT2D eigenvalue weighted by molar-refractivity contribution is 0.0940. The van der Waals surface area contributed by atoms with Crippen molar-refractivity contribution in [3.05, 3.63) is 36.5 Å². The van der Waals surface area contributed by atoms with E-state index in [-0.39, 0.29) is 18.2 Å². The van der Waals surface area contributed by atoms with Crippen molar-refractivity contribution in [1.82, 2.24) is 20.0 Å². The minimum absolute atomic E-state index is 0.0250. The molecule has 0 spiro atoms. The van der Waals surface area contributed by atoms with E-state index in [9.17, 15) is 4.79 Å². The van der Waals surface area contributed by atoms with E-state index in [2.05, 4.69) is 15.7 Å². The molecule has 3 heterocycles. The number of furan rings is 1. The molecule has 136 valence electrons. The fourth-order valence-corrected chi connectivity index (χ4v) is 2.91. The number of carbonyl (C=O) groups is 1. The molecule has 2 unspecified atom stereocenters. The number of hydrogen-bond acceptors (Lipinski definition) is 5. The molecular weight excluding hydrogens is 322 g/mol. The van der Waals surface area contributed by atoms with Crippen molar-refractivity contribution in [2.24, 2.45) is 0 Å². The van der Waals surface area contributed by atoms with Gasteiger partial charge in [-0.05, 0) is 39.1 Å². The van der Waals surface area contributed by atoms with Crippen LogP contribution in [0.2, 0.25) is 0 Å². The smallest absolute Gasteiger partial charge is 0.319 e. The van der Waals surface area contributed by atoms with Crippen molar-refractivity contribution in [2.45, 2.75) is 31.5 Å². The fraction of sp³-hybridized carbons (Fsp3) is 0.529. The van der Waals surface area contributed by atoms with Crippen LogP contribution in [0.4, 0.5) is 10.5 Å². The van der Waals surface area contributed by atoms with Crippen molar-refractivity contribution in [3.8, 4) is 0 Å². The van der Waals surface area contributed by atoms with Crippen LogP contribution in [0.3, 0.4) is 0 Å². The van der Waals surface area contributed by atoms with E-state index in [1.807, 2.05) is 37.3 Å². The van der Waals surface area contributed by atoms with Gasteiger partial charge in [0.05, 0.1) is 36.8 Å². The molecule has 2 aromatic rings. The van der Waals surface area contributed by atoms with Crippen molar-refractivity contribution in [2.75, 3.05) is 32.6 Å². The second-order valence-electron chi connectivity index (χ2n) is 6.42. The number of aromatic nitrogens is 2. The highest BCUT2D eigenvalue weighted by Gasteiger charge is 2.19. The SMILES string of the molecule is CN(C)C(CNC(=O)Nc1cnn(CC2CCCO2)c1)c1ccco1. The molecule has 2 N–H and O–H groups in total. The molecule has 1 aliphatic rings. The molecular formula is C17H25N5O3. The lowest BCUT2D eigenvalue weighted by Crippen LogP contribution is -2.36. The summed E-state index contributed by atoms with van der Waals surface area (Å²) in [6.07, 6.45) is 7.47. The van der Waals surface area contributed by atoms with Crippen LogP contribution < -0.4 is 10.6 Å². The number of likely N-dealkylation sites (N-methyl/N-ethyl adjacent to an activating group) is 1. The second-order valence-corrected chi connectivity index (χ2v) is 6.42. The largest absolute Gasteiger partial charge is 0.468 e. The summed E-state index contributed by atoms with van der Waals surface area (Å²) < 4.78 is 12.8. The molecule has 3 rings (SSSR count). The van der Waals surface area contributed by atoms with Crippen LogP contribution >= 0.6 is 0 Å². The predicted octanol–water partition coefficient (Wildman–Crippen LogP) is 2.08. The third-order valence-electron chi connectivity index (χ3n) is 4.26. The van der Waals surface area contributed by atoms with Crippen molar-refractivity contribution in [1.29, 1.82) is 0 Å². The van der Waals surface area contributed by atoms with Crippen LogP contribution in [-0.2, 0) is 11.3 Å². The highest BCUT2D eigenvalue weighted by atomic mass is 16.5.